The maximum atomic E-state index is 14.0. The normalized spacial score (nSPS) is 15.7. The number of halogens is 2. The van der Waals surface area contributed by atoms with Crippen LogP contribution in [0.1, 0.15) is 12.0 Å². The van der Waals surface area contributed by atoms with Gasteiger partial charge in [-0.25, -0.2) is 4.39 Å². The molecule has 0 spiro atoms. The van der Waals surface area contributed by atoms with Gasteiger partial charge in [0.1, 0.15) is 29.0 Å². The summed E-state index contributed by atoms with van der Waals surface area (Å²) in [6.07, 6.45) is 0.778. The molecule has 1 amide bonds. The van der Waals surface area contributed by atoms with E-state index in [1.807, 2.05) is 29.2 Å². The molecule has 1 atom stereocenters. The summed E-state index contributed by atoms with van der Waals surface area (Å²) in [4.78, 5) is 15.9. The van der Waals surface area contributed by atoms with Gasteiger partial charge in [0, 0.05) is 19.5 Å². The molecule has 1 aliphatic heterocycles. The van der Waals surface area contributed by atoms with Crippen molar-refractivity contribution in [3.8, 4) is 0 Å². The van der Waals surface area contributed by atoms with Crippen LogP contribution in [0.5, 0.6) is 0 Å². The fourth-order valence-electron chi connectivity index (χ4n) is 5.07. The van der Waals surface area contributed by atoms with Gasteiger partial charge in [-0.1, -0.05) is 66.7 Å². The molecule has 5 rings (SSSR count). The number of hydrogen-bond acceptors (Lipinski definition) is 1. The molecule has 0 saturated carbocycles. The molecule has 5 heteroatoms. The third-order valence-corrected chi connectivity index (χ3v) is 11.2. The number of hydrogen-bond donors (Lipinski definition) is 0. The van der Waals surface area contributed by atoms with Gasteiger partial charge in [-0.05, 0) is 54.1 Å². The Morgan fingerprint density at radius 3 is 1.71 bits per heavy atom. The van der Waals surface area contributed by atoms with Crippen LogP contribution in [0.2, 0.25) is 0 Å². The Hall–Kier alpha value is -2.81. The number of amides is 1. The number of likely N-dealkylation sites (tertiary alicyclic amines) is 1. The summed E-state index contributed by atoms with van der Waals surface area (Å²) in [6, 6.07) is 38.1. The van der Waals surface area contributed by atoms with Gasteiger partial charge in [0.25, 0.3) is 5.91 Å². The van der Waals surface area contributed by atoms with E-state index in [4.69, 9.17) is 0 Å². The average molecular weight is 534 g/mol. The Bertz CT molecular complexity index is 1140. The number of rotatable bonds is 6. The summed E-state index contributed by atoms with van der Waals surface area (Å²) < 4.78 is 13.8. The first kappa shape index (κ1) is 24.3. The molecule has 1 unspecified atom stereocenters. The van der Waals surface area contributed by atoms with E-state index in [9.17, 15) is 9.18 Å². The summed E-state index contributed by atoms with van der Waals surface area (Å²) >= 11 is 0. The van der Waals surface area contributed by atoms with Gasteiger partial charge in [-0.2, -0.15) is 0 Å². The zero-order valence-corrected chi connectivity index (χ0v) is 21.2. The third-order valence-electron chi connectivity index (χ3n) is 6.49. The van der Waals surface area contributed by atoms with Crippen LogP contribution >= 0.6 is 7.26 Å². The highest BCUT2D eigenvalue weighted by molar-refractivity contribution is 7.96. The molecule has 0 aromatic heterocycles. The first-order valence-electron chi connectivity index (χ1n) is 11.3. The van der Waals surface area contributed by atoms with Crippen LogP contribution in [0.15, 0.2) is 115 Å². The molecule has 0 bridgehead atoms. The molecule has 34 heavy (non-hydrogen) atoms. The van der Waals surface area contributed by atoms with Gasteiger partial charge in [-0.3, -0.25) is 4.79 Å². The van der Waals surface area contributed by atoms with Crippen molar-refractivity contribution in [2.45, 2.75) is 18.6 Å². The van der Waals surface area contributed by atoms with Crippen molar-refractivity contribution in [1.29, 1.82) is 0 Å². The predicted octanol–water partition coefficient (Wildman–Crippen LogP) is 1.92. The molecule has 1 heterocycles. The first-order valence-corrected chi connectivity index (χ1v) is 13.1. The Morgan fingerprint density at radius 2 is 1.24 bits per heavy atom. The summed E-state index contributed by atoms with van der Waals surface area (Å²) in [7, 11) is -2.27. The second-order valence-electron chi connectivity index (χ2n) is 8.42. The minimum absolute atomic E-state index is 0. The van der Waals surface area contributed by atoms with Crippen molar-refractivity contribution in [2.24, 2.45) is 0 Å². The highest BCUT2D eigenvalue weighted by Gasteiger charge is 2.58. The molecule has 172 valence electrons. The van der Waals surface area contributed by atoms with Crippen molar-refractivity contribution in [2.75, 3.05) is 6.54 Å². The molecule has 4 aromatic carbocycles. The Kier molecular flexibility index (Phi) is 7.60. The van der Waals surface area contributed by atoms with Crippen molar-refractivity contribution >= 4 is 29.1 Å². The largest absolute Gasteiger partial charge is 1.00 e. The fraction of sp³-hybridized carbons (Fsp3) is 0.138. The number of nitrogens with zero attached hydrogens (tertiary/aromatic N) is 1. The van der Waals surface area contributed by atoms with Crippen LogP contribution in [0, 0.1) is 5.82 Å². The van der Waals surface area contributed by atoms with E-state index in [2.05, 4.69) is 72.8 Å². The number of carbonyl (C=O) groups is 1. The van der Waals surface area contributed by atoms with Crippen LogP contribution in [-0.4, -0.2) is 23.0 Å². The predicted molar refractivity (Wildman–Crippen MR) is 135 cm³/mol. The van der Waals surface area contributed by atoms with Gasteiger partial charge in [0.05, 0.1) is 0 Å². The second kappa shape index (κ2) is 10.6. The fourth-order valence-corrected chi connectivity index (χ4v) is 9.97. The molecule has 0 aliphatic carbocycles. The lowest BCUT2D eigenvalue weighted by atomic mass is 10.2. The third kappa shape index (κ3) is 4.45. The van der Waals surface area contributed by atoms with Crippen LogP contribution in [0.25, 0.3) is 0 Å². The first-order chi connectivity index (χ1) is 16.2. The zero-order valence-electron chi connectivity index (χ0n) is 18.7. The van der Waals surface area contributed by atoms with E-state index in [1.54, 1.807) is 6.07 Å². The molecule has 2 nitrogen and oxygen atoms in total. The van der Waals surface area contributed by atoms with E-state index >= 15 is 0 Å². The van der Waals surface area contributed by atoms with Crippen LogP contribution in [-0.2, 0) is 11.3 Å². The topological polar surface area (TPSA) is 20.3 Å². The average Bonchev–Trinajstić information content (AvgIpc) is 3.22. The van der Waals surface area contributed by atoms with Gasteiger partial charge in [0.15, 0.2) is 5.66 Å². The molecule has 0 radical (unpaired) electrons. The second-order valence-corrected chi connectivity index (χ2v) is 12.0. The highest BCUT2D eigenvalue weighted by atomic mass is 79.9. The van der Waals surface area contributed by atoms with Crippen LogP contribution in [0.4, 0.5) is 4.39 Å². The Balaban J connectivity index is 0.00000274. The van der Waals surface area contributed by atoms with Gasteiger partial charge >= 0.3 is 0 Å². The lowest BCUT2D eigenvalue weighted by molar-refractivity contribution is -0.127. The Morgan fingerprint density at radius 1 is 0.735 bits per heavy atom. The van der Waals surface area contributed by atoms with E-state index in [-0.39, 0.29) is 34.4 Å². The minimum atomic E-state index is -2.27. The van der Waals surface area contributed by atoms with Crippen molar-refractivity contribution in [3.63, 3.8) is 0 Å². The SMILES string of the molecule is O=C1C([P+](c2ccccc2)(c2ccccc2)c2ccccc2)CCN1Cc1cccc(F)c1.[Br-]. The lowest BCUT2D eigenvalue weighted by Crippen LogP contribution is -3.00. The maximum Gasteiger partial charge on any atom is 0.264 e. The number of carbonyl (C=O) groups excluding carboxylic acids is 1. The molecule has 0 N–H and O–H groups in total. The summed E-state index contributed by atoms with van der Waals surface area (Å²) in [5.74, 6) is -0.112. The van der Waals surface area contributed by atoms with E-state index < -0.39 is 7.26 Å². The lowest BCUT2D eigenvalue weighted by Gasteiger charge is -2.32. The molecule has 1 aliphatic rings. The molecule has 4 aromatic rings. The summed E-state index contributed by atoms with van der Waals surface area (Å²) in [5, 5.41) is 3.65. The standard InChI is InChI=1S/C29H26FNOP.BrH/c30-24-12-10-11-23(21-24)22-31-20-19-28(29(31)32)33(25-13-4-1-5-14-25,26-15-6-2-7-16-26)27-17-8-3-9-18-27;/h1-18,21,28H,19-20,22H2;1H/q+1;/p-1. The zero-order chi connectivity index (χ0) is 22.7. The summed E-state index contributed by atoms with van der Waals surface area (Å²) in [6.45, 7) is 1.11. The van der Waals surface area contributed by atoms with Crippen LogP contribution in [0.3, 0.4) is 0 Å². The monoisotopic (exact) mass is 533 g/mol. The maximum absolute atomic E-state index is 14.0. The van der Waals surface area contributed by atoms with Crippen LogP contribution < -0.4 is 32.9 Å². The highest BCUT2D eigenvalue weighted by Crippen LogP contribution is 2.62. The van der Waals surface area contributed by atoms with E-state index in [0.29, 0.717) is 13.1 Å². The summed E-state index contributed by atoms with van der Waals surface area (Å²) in [5.41, 5.74) is 0.672. The van der Waals surface area contributed by atoms with E-state index in [1.165, 1.54) is 28.0 Å². The Labute approximate surface area is 211 Å². The quantitative estimate of drug-likeness (QED) is 0.347. The van der Waals surface area contributed by atoms with Crippen molar-refractivity contribution in [1.82, 2.24) is 4.90 Å². The molecular weight excluding hydrogens is 508 g/mol. The number of benzene rings is 4. The minimum Gasteiger partial charge on any atom is -1.00 e. The molecule has 1 saturated heterocycles. The smallest absolute Gasteiger partial charge is 0.264 e. The van der Waals surface area contributed by atoms with Crippen molar-refractivity contribution in [3.05, 3.63) is 127 Å². The van der Waals surface area contributed by atoms with Gasteiger partial charge < -0.3 is 21.9 Å². The molecule has 1 fully saturated rings. The molecular formula is C29H26BrFNOP. The van der Waals surface area contributed by atoms with E-state index in [0.717, 1.165) is 12.0 Å². The van der Waals surface area contributed by atoms with Gasteiger partial charge in [0.2, 0.25) is 0 Å². The van der Waals surface area contributed by atoms with Crippen molar-refractivity contribution < 1.29 is 26.2 Å². The van der Waals surface area contributed by atoms with Gasteiger partial charge in [-0.15, -0.1) is 0 Å².